The Bertz CT molecular complexity index is 1020. The summed E-state index contributed by atoms with van der Waals surface area (Å²) in [5.41, 5.74) is 0.652. The monoisotopic (exact) mass is 395 g/mol. The normalized spacial score (nSPS) is 11.7. The lowest BCUT2D eigenvalue weighted by molar-refractivity contribution is -0.160. The number of ether oxygens (including phenoxy) is 2. The summed E-state index contributed by atoms with van der Waals surface area (Å²) in [4.78, 5) is 25.8. The van der Waals surface area contributed by atoms with E-state index in [-0.39, 0.29) is 24.9 Å². The van der Waals surface area contributed by atoms with E-state index in [1.54, 1.807) is 25.2 Å². The van der Waals surface area contributed by atoms with Gasteiger partial charge in [0.15, 0.2) is 12.7 Å². The third-order valence-corrected chi connectivity index (χ3v) is 4.42. The van der Waals surface area contributed by atoms with Crippen molar-refractivity contribution in [1.29, 1.82) is 0 Å². The fourth-order valence-corrected chi connectivity index (χ4v) is 2.98. The molecule has 3 aromatic rings. The first-order valence-electron chi connectivity index (χ1n) is 9.23. The van der Waals surface area contributed by atoms with Crippen LogP contribution in [0, 0.1) is 5.82 Å². The molecule has 0 N–H and O–H groups in total. The summed E-state index contributed by atoms with van der Waals surface area (Å²) in [5.74, 6) is -0.844. The minimum atomic E-state index is -0.971. The Hall–Kier alpha value is -3.41. The highest BCUT2D eigenvalue weighted by atomic mass is 19.1. The number of hydrogen-bond acceptors (Lipinski definition) is 4. The zero-order valence-electron chi connectivity index (χ0n) is 16.3. The van der Waals surface area contributed by atoms with E-state index in [9.17, 15) is 14.0 Å². The molecule has 0 aliphatic carbocycles. The number of fused-ring (bicyclic) bond motifs is 1. The lowest BCUT2D eigenvalue weighted by Crippen LogP contribution is -2.37. The molecule has 0 heterocycles. The van der Waals surface area contributed by atoms with E-state index < -0.39 is 12.1 Å². The van der Waals surface area contributed by atoms with Crippen LogP contribution >= 0.6 is 0 Å². The van der Waals surface area contributed by atoms with Gasteiger partial charge in [0.25, 0.3) is 5.91 Å². The molecule has 150 valence electrons. The number of benzene rings is 3. The third kappa shape index (κ3) is 5.54. The van der Waals surface area contributed by atoms with Gasteiger partial charge in [0.05, 0.1) is 0 Å². The second kappa shape index (κ2) is 9.19. The van der Waals surface area contributed by atoms with Gasteiger partial charge in [-0.05, 0) is 47.5 Å². The van der Waals surface area contributed by atoms with Crippen LogP contribution < -0.4 is 4.74 Å². The molecular formula is C23H22FNO4. The van der Waals surface area contributed by atoms with Crippen LogP contribution in [-0.4, -0.2) is 36.5 Å². The van der Waals surface area contributed by atoms with Crippen LogP contribution in [0.3, 0.4) is 0 Å². The van der Waals surface area contributed by atoms with E-state index in [4.69, 9.17) is 9.47 Å². The van der Waals surface area contributed by atoms with Crippen LogP contribution in [0.5, 0.6) is 5.75 Å². The Balaban J connectivity index is 1.50. The van der Waals surface area contributed by atoms with Crippen LogP contribution in [0.15, 0.2) is 66.7 Å². The summed E-state index contributed by atoms with van der Waals surface area (Å²) in [6.45, 7) is 1.41. The zero-order valence-corrected chi connectivity index (χ0v) is 16.3. The number of carbonyl (C=O) groups excluding carboxylic acids is 2. The molecule has 0 radical (unpaired) electrons. The first kappa shape index (κ1) is 20.3. The fraction of sp³-hybridized carbons (Fsp3) is 0.217. The lowest BCUT2D eigenvalue weighted by Gasteiger charge is -2.21. The van der Waals surface area contributed by atoms with Crippen LogP contribution in [0.2, 0.25) is 0 Å². The molecule has 0 fully saturated rings. The number of rotatable bonds is 7. The molecule has 3 rings (SSSR count). The molecule has 0 saturated carbocycles. The standard InChI is InChI=1S/C23H22FNO4/c1-16(23(27)25(2)14-17-6-5-9-20(24)12-17)29-22(26)15-28-21-11-10-18-7-3-4-8-19(18)13-21/h3-13,16H,14-15H2,1-2H3/t16-/m0/s1. The number of amides is 1. The van der Waals surface area contributed by atoms with Crippen molar-refractivity contribution >= 4 is 22.6 Å². The molecule has 3 aromatic carbocycles. The molecule has 0 bridgehead atoms. The topological polar surface area (TPSA) is 55.8 Å². The van der Waals surface area contributed by atoms with Gasteiger partial charge in [0.1, 0.15) is 11.6 Å². The van der Waals surface area contributed by atoms with Crippen molar-refractivity contribution in [2.75, 3.05) is 13.7 Å². The highest BCUT2D eigenvalue weighted by molar-refractivity contribution is 5.84. The van der Waals surface area contributed by atoms with E-state index in [0.29, 0.717) is 11.3 Å². The average molecular weight is 395 g/mol. The first-order chi connectivity index (χ1) is 13.9. The second-order valence-corrected chi connectivity index (χ2v) is 6.75. The van der Waals surface area contributed by atoms with Crippen molar-refractivity contribution in [2.45, 2.75) is 19.6 Å². The van der Waals surface area contributed by atoms with Gasteiger partial charge in [0, 0.05) is 13.6 Å². The summed E-state index contributed by atoms with van der Waals surface area (Å²) >= 11 is 0. The van der Waals surface area contributed by atoms with E-state index in [2.05, 4.69) is 0 Å². The fourth-order valence-electron chi connectivity index (χ4n) is 2.98. The third-order valence-electron chi connectivity index (χ3n) is 4.42. The van der Waals surface area contributed by atoms with Gasteiger partial charge in [-0.1, -0.05) is 42.5 Å². The predicted octanol–water partition coefficient (Wildman–Crippen LogP) is 3.95. The molecule has 0 saturated heterocycles. The summed E-state index contributed by atoms with van der Waals surface area (Å²) in [6, 6.07) is 19.3. The molecule has 0 unspecified atom stereocenters. The molecular weight excluding hydrogens is 373 g/mol. The van der Waals surface area contributed by atoms with Crippen molar-refractivity contribution in [3.8, 4) is 5.75 Å². The zero-order chi connectivity index (χ0) is 20.8. The molecule has 0 aromatic heterocycles. The molecule has 1 atom stereocenters. The molecule has 0 aliphatic rings. The van der Waals surface area contributed by atoms with E-state index in [1.807, 2.05) is 36.4 Å². The van der Waals surface area contributed by atoms with Crippen LogP contribution in [-0.2, 0) is 20.9 Å². The Kier molecular flexibility index (Phi) is 6.44. The number of halogens is 1. The molecule has 5 nitrogen and oxygen atoms in total. The summed E-state index contributed by atoms with van der Waals surface area (Å²) < 4.78 is 23.9. The quantitative estimate of drug-likeness (QED) is 0.569. The maximum absolute atomic E-state index is 13.3. The Morgan fingerprint density at radius 1 is 1.00 bits per heavy atom. The van der Waals surface area contributed by atoms with Gasteiger partial charge in [-0.2, -0.15) is 0 Å². The SMILES string of the molecule is C[C@H](OC(=O)COc1ccc2ccccc2c1)C(=O)N(C)Cc1cccc(F)c1. The number of hydrogen-bond donors (Lipinski definition) is 0. The average Bonchev–Trinajstić information content (AvgIpc) is 2.71. The predicted molar refractivity (Wildman–Crippen MR) is 108 cm³/mol. The Morgan fingerprint density at radius 2 is 1.76 bits per heavy atom. The smallest absolute Gasteiger partial charge is 0.344 e. The summed E-state index contributed by atoms with van der Waals surface area (Å²) in [5, 5.41) is 2.07. The van der Waals surface area contributed by atoms with E-state index in [0.717, 1.165) is 10.8 Å². The highest BCUT2D eigenvalue weighted by Gasteiger charge is 2.22. The second-order valence-electron chi connectivity index (χ2n) is 6.75. The first-order valence-corrected chi connectivity index (χ1v) is 9.23. The molecule has 29 heavy (non-hydrogen) atoms. The maximum Gasteiger partial charge on any atom is 0.344 e. The van der Waals surface area contributed by atoms with Crippen molar-refractivity contribution in [3.05, 3.63) is 78.1 Å². The summed E-state index contributed by atoms with van der Waals surface area (Å²) in [6.07, 6.45) is -0.971. The maximum atomic E-state index is 13.3. The van der Waals surface area contributed by atoms with Gasteiger partial charge in [-0.15, -0.1) is 0 Å². The van der Waals surface area contributed by atoms with Crippen LogP contribution in [0.4, 0.5) is 4.39 Å². The molecule has 0 spiro atoms. The molecule has 6 heteroatoms. The van der Waals surface area contributed by atoms with Crippen molar-refractivity contribution in [1.82, 2.24) is 4.90 Å². The summed E-state index contributed by atoms with van der Waals surface area (Å²) in [7, 11) is 1.57. The van der Waals surface area contributed by atoms with Gasteiger partial charge in [0.2, 0.25) is 0 Å². The molecule has 0 aliphatic heterocycles. The van der Waals surface area contributed by atoms with E-state index in [1.165, 1.54) is 24.0 Å². The van der Waals surface area contributed by atoms with Gasteiger partial charge in [-0.3, -0.25) is 4.79 Å². The van der Waals surface area contributed by atoms with Gasteiger partial charge >= 0.3 is 5.97 Å². The number of likely N-dealkylation sites (N-methyl/N-ethyl adjacent to an activating group) is 1. The van der Waals surface area contributed by atoms with Crippen LogP contribution in [0.1, 0.15) is 12.5 Å². The van der Waals surface area contributed by atoms with Crippen molar-refractivity contribution in [2.24, 2.45) is 0 Å². The Morgan fingerprint density at radius 3 is 2.52 bits per heavy atom. The minimum Gasteiger partial charge on any atom is -0.482 e. The van der Waals surface area contributed by atoms with Gasteiger partial charge < -0.3 is 14.4 Å². The van der Waals surface area contributed by atoms with Gasteiger partial charge in [-0.25, -0.2) is 9.18 Å². The number of carbonyl (C=O) groups is 2. The largest absolute Gasteiger partial charge is 0.482 e. The van der Waals surface area contributed by atoms with Crippen LogP contribution in [0.25, 0.3) is 10.8 Å². The number of nitrogens with zero attached hydrogens (tertiary/aromatic N) is 1. The molecule has 1 amide bonds. The Labute approximate surface area is 168 Å². The van der Waals surface area contributed by atoms with Crippen molar-refractivity contribution in [3.63, 3.8) is 0 Å². The lowest BCUT2D eigenvalue weighted by atomic mass is 10.1. The van der Waals surface area contributed by atoms with Crippen molar-refractivity contribution < 1.29 is 23.5 Å². The number of esters is 1. The minimum absolute atomic E-state index is 0.214. The highest BCUT2D eigenvalue weighted by Crippen LogP contribution is 2.20. The van der Waals surface area contributed by atoms with E-state index >= 15 is 0 Å².